The number of nitrogens with zero attached hydrogens (tertiary/aromatic N) is 2. The molecule has 0 aliphatic carbocycles. The van der Waals surface area contributed by atoms with Gasteiger partial charge in [-0.25, -0.2) is 0 Å². The Hall–Kier alpha value is -4.36. The highest BCUT2D eigenvalue weighted by Crippen LogP contribution is 2.28. The first-order valence-electron chi connectivity index (χ1n) is 18.8. The molecule has 2 fully saturated rings. The molecule has 0 radical (unpaired) electrons. The maximum atomic E-state index is 13.8. The summed E-state index contributed by atoms with van der Waals surface area (Å²) in [5.74, 6) is -6.68. The van der Waals surface area contributed by atoms with Crippen LogP contribution in [0.1, 0.15) is 92.4 Å². The summed E-state index contributed by atoms with van der Waals surface area (Å²) in [7, 11) is 0. The van der Waals surface area contributed by atoms with Crippen LogP contribution in [-0.4, -0.2) is 136 Å². The number of aliphatic hydroxyl groups is 1. The van der Waals surface area contributed by atoms with Crippen molar-refractivity contribution in [2.24, 2.45) is 23.3 Å². The summed E-state index contributed by atoms with van der Waals surface area (Å²) < 4.78 is 0. The number of carbonyl (C=O) groups is 8. The zero-order valence-corrected chi connectivity index (χ0v) is 32.1. The van der Waals surface area contributed by atoms with Gasteiger partial charge in [-0.2, -0.15) is 0 Å². The first-order chi connectivity index (χ1) is 25.4. The molecule has 306 valence electrons. The van der Waals surface area contributed by atoms with E-state index in [-0.39, 0.29) is 6.42 Å². The Morgan fingerprint density at radius 3 is 2.02 bits per heavy atom. The number of carboxylic acid groups (broad SMARTS) is 1. The van der Waals surface area contributed by atoms with Gasteiger partial charge in [0.25, 0.3) is 0 Å². The smallest absolute Gasteiger partial charge is 0.320 e. The summed E-state index contributed by atoms with van der Waals surface area (Å²) in [5, 5.41) is 33.6. The van der Waals surface area contributed by atoms with Gasteiger partial charge in [0.15, 0.2) is 0 Å². The van der Waals surface area contributed by atoms with Crippen LogP contribution in [0, 0.1) is 11.8 Å². The predicted molar refractivity (Wildman–Crippen MR) is 196 cm³/mol. The summed E-state index contributed by atoms with van der Waals surface area (Å²) in [6.07, 6.45) is 2.04. The van der Waals surface area contributed by atoms with Crippen LogP contribution in [0.4, 0.5) is 0 Å². The molecule has 0 bridgehead atoms. The lowest BCUT2D eigenvalue weighted by Crippen LogP contribution is -2.61. The first kappa shape index (κ1) is 45.8. The molecule has 19 nitrogen and oxygen atoms in total. The van der Waals surface area contributed by atoms with Crippen molar-refractivity contribution in [2.45, 2.75) is 135 Å². The van der Waals surface area contributed by atoms with Crippen LogP contribution >= 0.6 is 0 Å². The van der Waals surface area contributed by atoms with Crippen LogP contribution in [0.3, 0.4) is 0 Å². The Bertz CT molecular complexity index is 1330. The molecule has 8 atom stereocenters. The van der Waals surface area contributed by atoms with E-state index in [4.69, 9.17) is 11.5 Å². The van der Waals surface area contributed by atoms with Crippen molar-refractivity contribution < 1.29 is 48.6 Å². The number of likely N-dealkylation sites (tertiary alicyclic amines) is 2. The number of unbranched alkanes of at least 4 members (excludes halogenated alkanes) is 1. The van der Waals surface area contributed by atoms with E-state index in [9.17, 15) is 48.6 Å². The average molecular weight is 768 g/mol. The fourth-order valence-corrected chi connectivity index (χ4v) is 6.80. The lowest BCUT2D eigenvalue weighted by Gasteiger charge is -2.35. The molecule has 2 rings (SSSR count). The molecular weight excluding hydrogens is 706 g/mol. The molecule has 8 unspecified atom stereocenters. The van der Waals surface area contributed by atoms with Crippen molar-refractivity contribution >= 4 is 47.3 Å². The van der Waals surface area contributed by atoms with Gasteiger partial charge in [0.05, 0.1) is 19.0 Å². The number of nitrogens with two attached hydrogens (primary N) is 2. The van der Waals surface area contributed by atoms with E-state index in [0.717, 1.165) is 6.92 Å². The third-order valence-corrected chi connectivity index (χ3v) is 10.0. The van der Waals surface area contributed by atoms with Crippen LogP contribution < -0.4 is 38.1 Å². The minimum absolute atomic E-state index is 0.176. The maximum Gasteiger partial charge on any atom is 0.320 e. The molecule has 2 aliphatic heterocycles. The molecule has 2 heterocycles. The normalized spacial score (nSPS) is 20.6. The molecule has 7 amide bonds. The van der Waals surface area contributed by atoms with E-state index < -0.39 is 115 Å². The quantitative estimate of drug-likeness (QED) is 0.0523. The fraction of sp³-hybridized carbons (Fsp3) is 0.771. The van der Waals surface area contributed by atoms with Crippen LogP contribution in [0.5, 0.6) is 0 Å². The molecule has 0 saturated carbocycles. The monoisotopic (exact) mass is 767 g/mol. The van der Waals surface area contributed by atoms with Gasteiger partial charge in [-0.05, 0) is 63.3 Å². The lowest BCUT2D eigenvalue weighted by atomic mass is 9.95. The third-order valence-electron chi connectivity index (χ3n) is 10.0. The Morgan fingerprint density at radius 1 is 0.815 bits per heavy atom. The second-order valence-corrected chi connectivity index (χ2v) is 14.5. The van der Waals surface area contributed by atoms with Crippen LogP contribution in [0.15, 0.2) is 0 Å². The van der Waals surface area contributed by atoms with Crippen LogP contribution in [-0.2, 0) is 38.4 Å². The minimum Gasteiger partial charge on any atom is -0.480 e. The number of amides is 7. The topological polar surface area (TPSA) is 296 Å². The second kappa shape index (κ2) is 22.1. The summed E-state index contributed by atoms with van der Waals surface area (Å²) in [6.45, 7) is 8.66. The van der Waals surface area contributed by atoms with Crippen LogP contribution in [0.2, 0.25) is 0 Å². The summed E-state index contributed by atoms with van der Waals surface area (Å²) in [4.78, 5) is 105. The zero-order valence-electron chi connectivity index (χ0n) is 32.1. The highest BCUT2D eigenvalue weighted by Gasteiger charge is 2.43. The van der Waals surface area contributed by atoms with Gasteiger partial charge in [0.2, 0.25) is 41.4 Å². The van der Waals surface area contributed by atoms with Gasteiger partial charge in [-0.1, -0.05) is 34.1 Å². The van der Waals surface area contributed by atoms with Gasteiger partial charge in [-0.15, -0.1) is 0 Å². The molecule has 2 saturated heterocycles. The molecule has 0 spiro atoms. The molecule has 0 aromatic heterocycles. The van der Waals surface area contributed by atoms with E-state index in [1.165, 1.54) is 9.80 Å². The number of primary amides is 1. The van der Waals surface area contributed by atoms with E-state index in [1.807, 2.05) is 6.92 Å². The van der Waals surface area contributed by atoms with Gasteiger partial charge in [0, 0.05) is 20.0 Å². The van der Waals surface area contributed by atoms with Crippen molar-refractivity contribution in [3.8, 4) is 0 Å². The molecule has 54 heavy (non-hydrogen) atoms. The first-order valence-corrected chi connectivity index (χ1v) is 18.8. The standard InChI is InChI=1S/C35H61N9O10/c1-6-20(4)29(42-32(50)28(19(2)3)41-31(49)23(17-26(37)46)39-21(5)45)33(51)40-22(11-7-8-14-36)30(48)38-18-27(47)43-15-9-12-24(43)34(52)44-16-10-13-25(44)35(53)54/h19-20,22-25,28-29,34,52H,6-18,36H2,1-5H3,(H2,37,46)(H,38,48)(H,39,45)(H,40,51)(H,41,49)(H,42,50)(H,53,54). The number of aliphatic hydroxyl groups excluding tert-OH is 1. The van der Waals surface area contributed by atoms with E-state index in [0.29, 0.717) is 64.6 Å². The van der Waals surface area contributed by atoms with E-state index >= 15 is 0 Å². The Labute approximate surface area is 316 Å². The Balaban J connectivity index is 2.17. The lowest BCUT2D eigenvalue weighted by molar-refractivity contribution is -0.150. The number of rotatable bonds is 22. The maximum absolute atomic E-state index is 13.8. The van der Waals surface area contributed by atoms with Crippen molar-refractivity contribution in [3.63, 3.8) is 0 Å². The van der Waals surface area contributed by atoms with E-state index in [2.05, 4.69) is 26.6 Å². The number of carbonyl (C=O) groups excluding carboxylic acids is 7. The number of aliphatic carboxylic acids is 1. The van der Waals surface area contributed by atoms with Gasteiger partial charge in [-0.3, -0.25) is 43.3 Å². The molecule has 19 heteroatoms. The van der Waals surface area contributed by atoms with Crippen molar-refractivity contribution in [1.29, 1.82) is 0 Å². The number of carboxylic acids is 1. The average Bonchev–Trinajstić information content (AvgIpc) is 3.81. The zero-order chi connectivity index (χ0) is 40.7. The number of nitrogens with one attached hydrogen (secondary N) is 5. The molecule has 2 aliphatic rings. The minimum atomic E-state index is -1.32. The van der Waals surface area contributed by atoms with Gasteiger partial charge in [0.1, 0.15) is 36.4 Å². The molecule has 0 aromatic rings. The molecule has 11 N–H and O–H groups in total. The SMILES string of the molecule is CCC(C)C(NC(=O)C(NC(=O)C(CC(N)=O)NC(C)=O)C(C)C)C(=O)NC(CCCCN)C(=O)NCC(=O)N1CCCC1C(O)N1CCCC1C(=O)O. The van der Waals surface area contributed by atoms with E-state index in [1.54, 1.807) is 20.8 Å². The number of hydrogen-bond acceptors (Lipinski definition) is 11. The summed E-state index contributed by atoms with van der Waals surface area (Å²) in [5.41, 5.74) is 10.9. The second-order valence-electron chi connectivity index (χ2n) is 14.5. The van der Waals surface area contributed by atoms with Gasteiger partial charge >= 0.3 is 5.97 Å². The van der Waals surface area contributed by atoms with Gasteiger partial charge < -0.3 is 53.2 Å². The largest absolute Gasteiger partial charge is 0.480 e. The van der Waals surface area contributed by atoms with Crippen molar-refractivity contribution in [1.82, 2.24) is 36.4 Å². The van der Waals surface area contributed by atoms with Crippen molar-refractivity contribution in [3.05, 3.63) is 0 Å². The highest BCUT2D eigenvalue weighted by molar-refractivity contribution is 5.97. The summed E-state index contributed by atoms with van der Waals surface area (Å²) in [6, 6.07) is -6.23. The fourth-order valence-electron chi connectivity index (χ4n) is 6.80. The molecule has 0 aromatic carbocycles. The predicted octanol–water partition coefficient (Wildman–Crippen LogP) is -2.37. The van der Waals surface area contributed by atoms with Crippen molar-refractivity contribution in [2.75, 3.05) is 26.2 Å². The molecular formula is C35H61N9O10. The Morgan fingerprint density at radius 2 is 1.44 bits per heavy atom. The third kappa shape index (κ3) is 13.5. The summed E-state index contributed by atoms with van der Waals surface area (Å²) >= 11 is 0. The Kier molecular flexibility index (Phi) is 18.8. The van der Waals surface area contributed by atoms with Crippen LogP contribution in [0.25, 0.3) is 0 Å². The highest BCUT2D eigenvalue weighted by atomic mass is 16.4. The number of hydrogen-bond donors (Lipinski definition) is 9.